The standard InChI is InChI=1S/C27H30N2O3/c30-26-11-7-22(8-12-26)20-25(24-4-2-1-3-5-24)10-6-23-9-13-27(28-21-23)32-19-16-29-14-17-31-18-15-29/h1-5,7-13,21,30H,6,14-20H2/b25-10+. The molecule has 1 aromatic heterocycles. The maximum Gasteiger partial charge on any atom is 0.213 e. The zero-order valence-electron chi connectivity index (χ0n) is 18.3. The molecule has 0 atom stereocenters. The third-order valence-corrected chi connectivity index (χ3v) is 5.62. The molecule has 4 rings (SSSR count). The number of ether oxygens (including phenoxy) is 2. The summed E-state index contributed by atoms with van der Waals surface area (Å²) in [5, 5.41) is 9.56. The van der Waals surface area contributed by atoms with Gasteiger partial charge in [0.2, 0.25) is 5.88 Å². The molecule has 2 aromatic carbocycles. The van der Waals surface area contributed by atoms with E-state index in [4.69, 9.17) is 9.47 Å². The van der Waals surface area contributed by atoms with Gasteiger partial charge in [-0.15, -0.1) is 0 Å². The van der Waals surface area contributed by atoms with Crippen molar-refractivity contribution in [3.63, 3.8) is 0 Å². The summed E-state index contributed by atoms with van der Waals surface area (Å²) in [6.45, 7) is 5.08. The molecule has 0 unspecified atom stereocenters. The molecule has 1 saturated heterocycles. The molecule has 0 bridgehead atoms. The second-order valence-corrected chi connectivity index (χ2v) is 7.95. The number of pyridine rings is 1. The largest absolute Gasteiger partial charge is 0.508 e. The molecule has 1 fully saturated rings. The van der Waals surface area contributed by atoms with Crippen molar-refractivity contribution in [2.24, 2.45) is 0 Å². The fourth-order valence-electron chi connectivity index (χ4n) is 3.74. The van der Waals surface area contributed by atoms with Gasteiger partial charge in [0.05, 0.1) is 13.2 Å². The number of phenols is 1. The van der Waals surface area contributed by atoms with Gasteiger partial charge in [-0.1, -0.05) is 54.6 Å². The Bertz CT molecular complexity index is 980. The van der Waals surface area contributed by atoms with E-state index < -0.39 is 0 Å². The fourth-order valence-corrected chi connectivity index (χ4v) is 3.74. The lowest BCUT2D eigenvalue weighted by atomic mass is 9.96. The van der Waals surface area contributed by atoms with E-state index in [1.807, 2.05) is 30.5 Å². The second kappa shape index (κ2) is 11.5. The highest BCUT2D eigenvalue weighted by Crippen LogP contribution is 2.22. The van der Waals surface area contributed by atoms with Gasteiger partial charge in [-0.3, -0.25) is 4.90 Å². The van der Waals surface area contributed by atoms with Crippen molar-refractivity contribution in [1.82, 2.24) is 9.88 Å². The van der Waals surface area contributed by atoms with Crippen LogP contribution in [0, 0.1) is 0 Å². The number of aromatic hydroxyl groups is 1. The SMILES string of the molecule is Oc1ccc(C/C(=C\Cc2ccc(OCCN3CCOCC3)nc2)c2ccccc2)cc1. The molecule has 5 nitrogen and oxygen atoms in total. The van der Waals surface area contributed by atoms with Crippen molar-refractivity contribution < 1.29 is 14.6 Å². The lowest BCUT2D eigenvalue weighted by molar-refractivity contribution is 0.0320. The number of benzene rings is 2. The molecule has 0 aliphatic carbocycles. The van der Waals surface area contributed by atoms with Crippen LogP contribution in [0.2, 0.25) is 0 Å². The lowest BCUT2D eigenvalue weighted by Crippen LogP contribution is -2.38. The monoisotopic (exact) mass is 430 g/mol. The number of rotatable bonds is 9. The molecule has 0 spiro atoms. The Labute approximate surface area is 190 Å². The molecule has 3 aromatic rings. The molecule has 0 radical (unpaired) electrons. The molecule has 2 heterocycles. The van der Waals surface area contributed by atoms with Crippen molar-refractivity contribution in [1.29, 1.82) is 0 Å². The van der Waals surface area contributed by atoms with Gasteiger partial charge in [0.1, 0.15) is 12.4 Å². The summed E-state index contributed by atoms with van der Waals surface area (Å²) >= 11 is 0. The Hall–Kier alpha value is -3.15. The molecule has 5 heteroatoms. The number of phenolic OH excluding ortho intramolecular Hbond substituents is 1. The minimum Gasteiger partial charge on any atom is -0.508 e. The molecule has 1 N–H and O–H groups in total. The number of allylic oxidation sites excluding steroid dienone is 2. The van der Waals surface area contributed by atoms with E-state index in [1.165, 1.54) is 16.7 Å². The Morgan fingerprint density at radius 3 is 2.44 bits per heavy atom. The van der Waals surface area contributed by atoms with E-state index in [-0.39, 0.29) is 5.75 Å². The first-order valence-corrected chi connectivity index (χ1v) is 11.2. The van der Waals surface area contributed by atoms with Crippen LogP contribution in [0.15, 0.2) is 79.0 Å². The number of morpholine rings is 1. The summed E-state index contributed by atoms with van der Waals surface area (Å²) < 4.78 is 11.2. The van der Waals surface area contributed by atoms with E-state index in [2.05, 4.69) is 46.3 Å². The fraction of sp³-hybridized carbons (Fsp3) is 0.296. The van der Waals surface area contributed by atoms with Crippen LogP contribution in [0.25, 0.3) is 5.57 Å². The summed E-state index contributed by atoms with van der Waals surface area (Å²) in [6, 6.07) is 21.9. The van der Waals surface area contributed by atoms with E-state index in [9.17, 15) is 5.11 Å². The van der Waals surface area contributed by atoms with Crippen LogP contribution < -0.4 is 4.74 Å². The van der Waals surface area contributed by atoms with E-state index in [1.54, 1.807) is 12.1 Å². The topological polar surface area (TPSA) is 54.8 Å². The third kappa shape index (κ3) is 6.67. The zero-order chi connectivity index (χ0) is 22.0. The minimum atomic E-state index is 0.289. The number of hydrogen-bond donors (Lipinski definition) is 1. The van der Waals surface area contributed by atoms with E-state index in [0.717, 1.165) is 51.3 Å². The van der Waals surface area contributed by atoms with Crippen molar-refractivity contribution in [3.05, 3.63) is 95.7 Å². The molecule has 166 valence electrons. The number of hydrogen-bond acceptors (Lipinski definition) is 5. The summed E-state index contributed by atoms with van der Waals surface area (Å²) in [5.74, 6) is 0.954. The predicted molar refractivity (Wildman–Crippen MR) is 127 cm³/mol. The van der Waals surface area contributed by atoms with Crippen LogP contribution in [-0.2, 0) is 17.6 Å². The van der Waals surface area contributed by atoms with Crippen LogP contribution >= 0.6 is 0 Å². The van der Waals surface area contributed by atoms with Gasteiger partial charge in [-0.25, -0.2) is 4.98 Å². The first-order valence-electron chi connectivity index (χ1n) is 11.2. The van der Waals surface area contributed by atoms with Crippen molar-refractivity contribution in [2.75, 3.05) is 39.5 Å². The summed E-state index contributed by atoms with van der Waals surface area (Å²) in [6.07, 6.45) is 5.76. The Kier molecular flexibility index (Phi) is 7.90. The average molecular weight is 431 g/mol. The van der Waals surface area contributed by atoms with Crippen molar-refractivity contribution >= 4 is 5.57 Å². The summed E-state index contributed by atoms with van der Waals surface area (Å²) in [5.41, 5.74) is 4.77. The van der Waals surface area contributed by atoms with Crippen LogP contribution in [0.4, 0.5) is 0 Å². The summed E-state index contributed by atoms with van der Waals surface area (Å²) in [4.78, 5) is 6.83. The zero-order valence-corrected chi connectivity index (χ0v) is 18.3. The van der Waals surface area contributed by atoms with Crippen molar-refractivity contribution in [3.8, 4) is 11.6 Å². The minimum absolute atomic E-state index is 0.289. The normalized spacial score (nSPS) is 14.9. The maximum absolute atomic E-state index is 9.56. The van der Waals surface area contributed by atoms with Gasteiger partial charge >= 0.3 is 0 Å². The van der Waals surface area contributed by atoms with Gasteiger partial charge in [-0.2, -0.15) is 0 Å². The van der Waals surface area contributed by atoms with Gasteiger partial charge < -0.3 is 14.6 Å². The second-order valence-electron chi connectivity index (χ2n) is 7.95. The van der Waals surface area contributed by atoms with E-state index in [0.29, 0.717) is 12.5 Å². The van der Waals surface area contributed by atoms with Gasteiger partial charge in [0, 0.05) is 31.9 Å². The highest BCUT2D eigenvalue weighted by molar-refractivity contribution is 5.68. The van der Waals surface area contributed by atoms with Crippen molar-refractivity contribution in [2.45, 2.75) is 12.8 Å². The first-order chi connectivity index (χ1) is 15.8. The molecular weight excluding hydrogens is 400 g/mol. The third-order valence-electron chi connectivity index (χ3n) is 5.62. The summed E-state index contributed by atoms with van der Waals surface area (Å²) in [7, 11) is 0. The maximum atomic E-state index is 9.56. The number of aromatic nitrogens is 1. The van der Waals surface area contributed by atoms with Gasteiger partial charge in [-0.05, 0) is 47.2 Å². The van der Waals surface area contributed by atoms with E-state index >= 15 is 0 Å². The quantitative estimate of drug-likeness (QED) is 0.546. The Balaban J connectivity index is 1.36. The Morgan fingerprint density at radius 2 is 1.72 bits per heavy atom. The van der Waals surface area contributed by atoms with Crippen LogP contribution in [0.1, 0.15) is 16.7 Å². The van der Waals surface area contributed by atoms with Crippen LogP contribution in [0.5, 0.6) is 11.6 Å². The van der Waals surface area contributed by atoms with Crippen LogP contribution in [0.3, 0.4) is 0 Å². The highest BCUT2D eigenvalue weighted by atomic mass is 16.5. The first kappa shape index (κ1) is 22.1. The highest BCUT2D eigenvalue weighted by Gasteiger charge is 2.10. The molecule has 0 amide bonds. The van der Waals surface area contributed by atoms with Gasteiger partial charge in [0.15, 0.2) is 0 Å². The molecular formula is C27H30N2O3. The van der Waals surface area contributed by atoms with Gasteiger partial charge in [0.25, 0.3) is 0 Å². The Morgan fingerprint density at radius 1 is 0.969 bits per heavy atom. The molecule has 32 heavy (non-hydrogen) atoms. The molecule has 1 aliphatic rings. The number of nitrogens with zero attached hydrogens (tertiary/aromatic N) is 2. The lowest BCUT2D eigenvalue weighted by Gasteiger charge is -2.26. The predicted octanol–water partition coefficient (Wildman–Crippen LogP) is 4.37. The smallest absolute Gasteiger partial charge is 0.213 e. The molecule has 0 saturated carbocycles. The van der Waals surface area contributed by atoms with Crippen LogP contribution in [-0.4, -0.2) is 54.4 Å². The molecule has 1 aliphatic heterocycles. The average Bonchev–Trinajstić information content (AvgIpc) is 2.85.